The second kappa shape index (κ2) is 4.16. The van der Waals surface area contributed by atoms with Crippen LogP contribution in [0.4, 0.5) is 5.82 Å². The number of aromatic nitrogens is 3. The molecule has 1 aromatic rings. The van der Waals surface area contributed by atoms with Crippen molar-refractivity contribution in [3.63, 3.8) is 0 Å². The largest absolute Gasteiger partial charge is 0.368 e. The Labute approximate surface area is 96.2 Å². The van der Waals surface area contributed by atoms with Crippen molar-refractivity contribution in [3.05, 3.63) is 10.4 Å². The number of carbonyl (C=O) groups is 1. The summed E-state index contributed by atoms with van der Waals surface area (Å²) in [5.41, 5.74) is 4.17. The Morgan fingerprint density at radius 1 is 1.40 bits per heavy atom. The molecule has 1 rings (SSSR count). The first-order valence-corrected chi connectivity index (χ1v) is 4.72. The molecule has 0 bridgehead atoms. The van der Waals surface area contributed by atoms with Crippen molar-refractivity contribution in [1.82, 2.24) is 15.2 Å². The first-order valence-electron chi connectivity index (χ1n) is 3.97. The number of rotatable bonds is 3. The van der Waals surface area contributed by atoms with Crippen LogP contribution in [0.1, 0.15) is 13.8 Å². The van der Waals surface area contributed by atoms with E-state index in [1.165, 1.54) is 0 Å². The lowest BCUT2D eigenvalue weighted by atomic mass is 10.1. The molecule has 82 valence electrons. The van der Waals surface area contributed by atoms with Crippen LogP contribution in [0, 0.1) is 0 Å². The van der Waals surface area contributed by atoms with Crippen LogP contribution in [0.15, 0.2) is 0 Å². The zero-order chi connectivity index (χ0) is 11.6. The van der Waals surface area contributed by atoms with Crippen LogP contribution >= 0.6 is 23.2 Å². The lowest BCUT2D eigenvalue weighted by molar-refractivity contribution is -0.121. The van der Waals surface area contributed by atoms with Gasteiger partial charge in [-0.05, 0) is 25.4 Å². The van der Waals surface area contributed by atoms with E-state index in [1.807, 2.05) is 0 Å². The fraction of sp³-hybridized carbons (Fsp3) is 0.429. The first kappa shape index (κ1) is 11.9. The zero-order valence-electron chi connectivity index (χ0n) is 8.08. The summed E-state index contributed by atoms with van der Waals surface area (Å²) in [4.78, 5) is 14.8. The number of anilines is 1. The molecule has 0 aliphatic carbocycles. The van der Waals surface area contributed by atoms with Crippen molar-refractivity contribution in [2.45, 2.75) is 19.4 Å². The van der Waals surface area contributed by atoms with Gasteiger partial charge in [0.1, 0.15) is 5.54 Å². The summed E-state index contributed by atoms with van der Waals surface area (Å²) in [6.45, 7) is 3.17. The van der Waals surface area contributed by atoms with Crippen LogP contribution < -0.4 is 11.1 Å². The molecular weight excluding hydrogens is 241 g/mol. The van der Waals surface area contributed by atoms with Gasteiger partial charge in [-0.1, -0.05) is 11.6 Å². The van der Waals surface area contributed by atoms with E-state index in [0.717, 1.165) is 0 Å². The maximum Gasteiger partial charge on any atom is 0.245 e. The number of halogens is 2. The Balaban J connectivity index is 2.99. The Bertz CT molecular complexity index is 395. The average Bonchev–Trinajstić information content (AvgIpc) is 2.10. The summed E-state index contributed by atoms with van der Waals surface area (Å²) in [7, 11) is 0. The average molecular weight is 250 g/mol. The smallest absolute Gasteiger partial charge is 0.245 e. The molecule has 0 aliphatic rings. The van der Waals surface area contributed by atoms with Crippen molar-refractivity contribution in [1.29, 1.82) is 0 Å². The number of hydrogen-bond acceptors (Lipinski definition) is 5. The molecule has 0 fully saturated rings. The number of nitrogens with one attached hydrogen (secondary N) is 1. The highest BCUT2D eigenvalue weighted by Gasteiger charge is 2.26. The molecule has 1 aromatic heterocycles. The highest BCUT2D eigenvalue weighted by molar-refractivity contribution is 6.32. The summed E-state index contributed by atoms with van der Waals surface area (Å²) in [6.07, 6.45) is 0. The van der Waals surface area contributed by atoms with Gasteiger partial charge in [0.05, 0.1) is 0 Å². The molecule has 1 amide bonds. The molecule has 0 aliphatic heterocycles. The Hall–Kier alpha value is -1.14. The van der Waals surface area contributed by atoms with E-state index < -0.39 is 11.4 Å². The van der Waals surface area contributed by atoms with Gasteiger partial charge < -0.3 is 11.1 Å². The van der Waals surface area contributed by atoms with Gasteiger partial charge in [-0.15, -0.1) is 10.2 Å². The Kier molecular flexibility index (Phi) is 3.31. The second-order valence-corrected chi connectivity index (χ2v) is 4.03. The first-order chi connectivity index (χ1) is 6.83. The lowest BCUT2D eigenvalue weighted by Gasteiger charge is -2.22. The van der Waals surface area contributed by atoms with E-state index in [2.05, 4.69) is 20.5 Å². The highest BCUT2D eigenvalue weighted by atomic mass is 35.5. The molecule has 0 spiro atoms. The van der Waals surface area contributed by atoms with Crippen molar-refractivity contribution in [2.75, 3.05) is 5.32 Å². The van der Waals surface area contributed by atoms with Crippen molar-refractivity contribution >= 4 is 34.9 Å². The zero-order valence-corrected chi connectivity index (χ0v) is 9.60. The van der Waals surface area contributed by atoms with Gasteiger partial charge in [0.15, 0.2) is 11.0 Å². The predicted octanol–water partition coefficient (Wildman–Crippen LogP) is 0.854. The molecule has 15 heavy (non-hydrogen) atoms. The minimum atomic E-state index is -0.997. The van der Waals surface area contributed by atoms with Gasteiger partial charge in [-0.2, -0.15) is 4.98 Å². The highest BCUT2D eigenvalue weighted by Crippen LogP contribution is 2.20. The van der Waals surface area contributed by atoms with Gasteiger partial charge in [0.2, 0.25) is 11.2 Å². The molecule has 0 saturated carbocycles. The van der Waals surface area contributed by atoms with E-state index in [9.17, 15) is 4.79 Å². The van der Waals surface area contributed by atoms with Crippen LogP contribution in [-0.4, -0.2) is 26.6 Å². The summed E-state index contributed by atoms with van der Waals surface area (Å²) < 4.78 is 0. The molecule has 0 saturated heterocycles. The van der Waals surface area contributed by atoms with Crippen LogP contribution in [0.5, 0.6) is 0 Å². The van der Waals surface area contributed by atoms with Gasteiger partial charge in [0.25, 0.3) is 0 Å². The number of nitrogens with zero attached hydrogens (tertiary/aromatic N) is 3. The molecule has 3 N–H and O–H groups in total. The molecular formula is C7H9Cl2N5O. The maximum atomic E-state index is 11.0. The monoisotopic (exact) mass is 249 g/mol. The van der Waals surface area contributed by atoms with Gasteiger partial charge >= 0.3 is 0 Å². The van der Waals surface area contributed by atoms with E-state index in [-0.39, 0.29) is 16.3 Å². The lowest BCUT2D eigenvalue weighted by Crippen LogP contribution is -2.45. The maximum absolute atomic E-state index is 11.0. The molecule has 0 unspecified atom stereocenters. The van der Waals surface area contributed by atoms with E-state index in [4.69, 9.17) is 28.9 Å². The van der Waals surface area contributed by atoms with E-state index >= 15 is 0 Å². The minimum absolute atomic E-state index is 0.0220. The van der Waals surface area contributed by atoms with Crippen molar-refractivity contribution in [3.8, 4) is 0 Å². The SMILES string of the molecule is CC(C)(Nc1nc(Cl)nnc1Cl)C(N)=O. The van der Waals surface area contributed by atoms with Crippen molar-refractivity contribution in [2.24, 2.45) is 5.73 Å². The molecule has 0 atom stereocenters. The summed E-state index contributed by atoms with van der Waals surface area (Å²) in [5.74, 6) is -0.381. The minimum Gasteiger partial charge on any atom is -0.368 e. The van der Waals surface area contributed by atoms with Crippen LogP contribution in [-0.2, 0) is 4.79 Å². The number of primary amides is 1. The quantitative estimate of drug-likeness (QED) is 0.829. The fourth-order valence-corrected chi connectivity index (χ4v) is 0.980. The third-order valence-corrected chi connectivity index (χ3v) is 2.08. The number of amides is 1. The molecule has 0 aromatic carbocycles. The predicted molar refractivity (Wildman–Crippen MR) is 56.7 cm³/mol. The summed E-state index contributed by atoms with van der Waals surface area (Å²) >= 11 is 11.2. The third-order valence-electron chi connectivity index (χ3n) is 1.67. The third kappa shape index (κ3) is 2.90. The van der Waals surface area contributed by atoms with Gasteiger partial charge in [0, 0.05) is 0 Å². The van der Waals surface area contributed by atoms with Crippen molar-refractivity contribution < 1.29 is 4.79 Å². The summed E-state index contributed by atoms with van der Waals surface area (Å²) in [6, 6.07) is 0. The van der Waals surface area contributed by atoms with Gasteiger partial charge in [-0.3, -0.25) is 4.79 Å². The molecule has 8 heteroatoms. The molecule has 1 heterocycles. The Morgan fingerprint density at radius 3 is 2.53 bits per heavy atom. The van der Waals surface area contributed by atoms with Crippen LogP contribution in [0.3, 0.4) is 0 Å². The molecule has 6 nitrogen and oxygen atoms in total. The van der Waals surface area contributed by atoms with Crippen LogP contribution in [0.2, 0.25) is 10.4 Å². The van der Waals surface area contributed by atoms with Crippen LogP contribution in [0.25, 0.3) is 0 Å². The standard InChI is InChI=1S/C7H9Cl2N5O/c1-7(2,5(10)15)12-4-3(8)13-14-6(9)11-4/h1-2H3,(H2,10,15)(H,11,12,14). The normalized spacial score (nSPS) is 11.2. The fourth-order valence-electron chi connectivity index (χ4n) is 0.730. The topological polar surface area (TPSA) is 93.8 Å². The molecule has 0 radical (unpaired) electrons. The van der Waals surface area contributed by atoms with E-state index in [1.54, 1.807) is 13.8 Å². The number of hydrogen-bond donors (Lipinski definition) is 2. The number of nitrogens with two attached hydrogens (primary N) is 1. The van der Waals surface area contributed by atoms with Gasteiger partial charge in [-0.25, -0.2) is 0 Å². The second-order valence-electron chi connectivity index (χ2n) is 3.33. The van der Waals surface area contributed by atoms with E-state index in [0.29, 0.717) is 0 Å². The number of carbonyl (C=O) groups excluding carboxylic acids is 1. The summed E-state index contributed by atoms with van der Waals surface area (Å²) in [5, 5.41) is 9.64. The Morgan fingerprint density at radius 2 is 2.00 bits per heavy atom.